The molecule has 1 heterocycles. The van der Waals surface area contributed by atoms with Crippen molar-refractivity contribution in [2.45, 2.75) is 26.4 Å². The first-order valence-corrected chi connectivity index (χ1v) is 5.52. The lowest BCUT2D eigenvalue weighted by Crippen LogP contribution is -2.30. The van der Waals surface area contributed by atoms with Crippen LogP contribution < -0.4 is 4.73 Å². The monoisotopic (exact) mass is 253 g/mol. The fourth-order valence-electron chi connectivity index (χ4n) is 1.40. The van der Waals surface area contributed by atoms with Crippen molar-refractivity contribution in [3.05, 3.63) is 35.3 Å². The zero-order valence-electron chi connectivity index (χ0n) is 10.2. The van der Waals surface area contributed by atoms with Crippen molar-refractivity contribution in [1.29, 1.82) is 0 Å². The second kappa shape index (κ2) is 6.00. The van der Waals surface area contributed by atoms with Crippen molar-refractivity contribution in [2.24, 2.45) is 5.92 Å². The van der Waals surface area contributed by atoms with E-state index in [4.69, 9.17) is 9.84 Å². The van der Waals surface area contributed by atoms with Crippen LogP contribution in [0.4, 0.5) is 0 Å². The number of carbonyl (C=O) groups is 2. The number of carbonyl (C=O) groups excluding carboxylic acids is 1. The Morgan fingerprint density at radius 3 is 2.67 bits per heavy atom. The minimum Gasteiger partial charge on any atom is -0.619 e. The van der Waals surface area contributed by atoms with Crippen molar-refractivity contribution in [1.82, 2.24) is 0 Å². The Morgan fingerprint density at radius 1 is 1.50 bits per heavy atom. The molecule has 0 aliphatic rings. The zero-order chi connectivity index (χ0) is 13.7. The van der Waals surface area contributed by atoms with E-state index in [1.54, 1.807) is 0 Å². The fraction of sp³-hybridized carbons (Fsp3) is 0.417. The molecular formula is C12H15NO5. The van der Waals surface area contributed by atoms with Crippen LogP contribution >= 0.6 is 0 Å². The summed E-state index contributed by atoms with van der Waals surface area (Å²) in [5.41, 5.74) is 0.0301. The molecule has 6 nitrogen and oxygen atoms in total. The van der Waals surface area contributed by atoms with Crippen LogP contribution in [0, 0.1) is 11.1 Å². The van der Waals surface area contributed by atoms with Gasteiger partial charge in [0.2, 0.25) is 0 Å². The second-order valence-electron chi connectivity index (χ2n) is 4.31. The number of rotatable bonds is 5. The van der Waals surface area contributed by atoms with E-state index in [0.29, 0.717) is 4.73 Å². The third-order valence-corrected chi connectivity index (χ3v) is 2.22. The maximum absolute atomic E-state index is 11.7. The average molecular weight is 253 g/mol. The number of aromatic nitrogens is 1. The highest BCUT2D eigenvalue weighted by Gasteiger charge is 2.24. The SMILES string of the molecule is CC(C)C[C@@H](OC(=O)c1ccc[n+]([O-])c1)C(=O)O. The largest absolute Gasteiger partial charge is 0.619 e. The van der Waals surface area contributed by atoms with Crippen LogP contribution in [0.25, 0.3) is 0 Å². The van der Waals surface area contributed by atoms with Gasteiger partial charge >= 0.3 is 11.9 Å². The number of nitrogens with zero attached hydrogens (tertiary/aromatic N) is 1. The molecule has 98 valence electrons. The molecule has 1 atom stereocenters. The van der Waals surface area contributed by atoms with Crippen LogP contribution in [0.15, 0.2) is 24.5 Å². The number of carboxylic acid groups (broad SMARTS) is 1. The van der Waals surface area contributed by atoms with E-state index < -0.39 is 18.0 Å². The van der Waals surface area contributed by atoms with Gasteiger partial charge in [0.1, 0.15) is 5.56 Å². The molecule has 0 aromatic carbocycles. The van der Waals surface area contributed by atoms with Gasteiger partial charge in [-0.1, -0.05) is 13.8 Å². The van der Waals surface area contributed by atoms with Gasteiger partial charge in [-0.15, -0.1) is 0 Å². The Hall–Kier alpha value is -2.11. The maximum Gasteiger partial charge on any atom is 0.345 e. The summed E-state index contributed by atoms with van der Waals surface area (Å²) in [6.45, 7) is 3.66. The highest BCUT2D eigenvalue weighted by atomic mass is 16.6. The van der Waals surface area contributed by atoms with Gasteiger partial charge in [0.05, 0.1) is 0 Å². The number of hydrogen-bond donors (Lipinski definition) is 1. The first-order chi connectivity index (χ1) is 8.40. The third-order valence-electron chi connectivity index (χ3n) is 2.22. The van der Waals surface area contributed by atoms with E-state index in [1.807, 2.05) is 13.8 Å². The summed E-state index contributed by atoms with van der Waals surface area (Å²) < 4.78 is 5.33. The van der Waals surface area contributed by atoms with E-state index in [9.17, 15) is 14.8 Å². The minimum absolute atomic E-state index is 0.0301. The Bertz CT molecular complexity index is 444. The van der Waals surface area contributed by atoms with Crippen molar-refractivity contribution >= 4 is 11.9 Å². The summed E-state index contributed by atoms with van der Waals surface area (Å²) >= 11 is 0. The maximum atomic E-state index is 11.7. The number of aliphatic carboxylic acids is 1. The Morgan fingerprint density at radius 2 is 2.17 bits per heavy atom. The van der Waals surface area contributed by atoms with Crippen molar-refractivity contribution in [3.8, 4) is 0 Å². The number of esters is 1. The first kappa shape index (κ1) is 14.0. The summed E-state index contributed by atoms with van der Waals surface area (Å²) in [5, 5.41) is 19.9. The Kier molecular flexibility index (Phi) is 4.65. The van der Waals surface area contributed by atoms with Gasteiger partial charge in [-0.2, -0.15) is 4.73 Å². The third kappa shape index (κ3) is 4.04. The van der Waals surface area contributed by atoms with Crippen molar-refractivity contribution in [3.63, 3.8) is 0 Å². The fourth-order valence-corrected chi connectivity index (χ4v) is 1.40. The summed E-state index contributed by atoms with van der Waals surface area (Å²) in [7, 11) is 0. The molecule has 1 aromatic rings. The molecule has 1 rings (SSSR count). The quantitative estimate of drug-likeness (QED) is 0.480. The van der Waals surface area contributed by atoms with E-state index in [1.165, 1.54) is 18.3 Å². The van der Waals surface area contributed by atoms with E-state index in [2.05, 4.69) is 0 Å². The predicted molar refractivity (Wildman–Crippen MR) is 61.7 cm³/mol. The van der Waals surface area contributed by atoms with E-state index in [0.717, 1.165) is 6.20 Å². The average Bonchev–Trinajstić information content (AvgIpc) is 2.27. The highest BCUT2D eigenvalue weighted by molar-refractivity contribution is 5.90. The molecule has 0 amide bonds. The minimum atomic E-state index is -1.20. The Labute approximate surface area is 104 Å². The van der Waals surface area contributed by atoms with Crippen LogP contribution in [-0.2, 0) is 9.53 Å². The number of pyridine rings is 1. The molecule has 0 spiro atoms. The van der Waals surface area contributed by atoms with Gasteiger partial charge in [0.25, 0.3) is 0 Å². The second-order valence-corrected chi connectivity index (χ2v) is 4.31. The predicted octanol–water partition coefficient (Wildman–Crippen LogP) is 0.976. The summed E-state index contributed by atoms with van der Waals surface area (Å²) in [6, 6.07) is 2.78. The van der Waals surface area contributed by atoms with Crippen LogP contribution in [0.1, 0.15) is 30.6 Å². The molecule has 18 heavy (non-hydrogen) atoms. The van der Waals surface area contributed by atoms with Crippen molar-refractivity contribution < 1.29 is 24.2 Å². The molecule has 0 bridgehead atoms. The molecule has 0 radical (unpaired) electrons. The highest BCUT2D eigenvalue weighted by Crippen LogP contribution is 2.11. The summed E-state index contributed by atoms with van der Waals surface area (Å²) in [4.78, 5) is 22.6. The van der Waals surface area contributed by atoms with Gasteiger partial charge in [-0.05, 0) is 18.4 Å². The van der Waals surface area contributed by atoms with Gasteiger partial charge in [-0.3, -0.25) is 0 Å². The van der Waals surface area contributed by atoms with E-state index in [-0.39, 0.29) is 17.9 Å². The molecule has 6 heteroatoms. The molecule has 0 saturated carbocycles. The summed E-state index contributed by atoms with van der Waals surface area (Å²) in [6.07, 6.45) is 1.29. The lowest BCUT2D eigenvalue weighted by atomic mass is 10.1. The van der Waals surface area contributed by atoms with Crippen LogP contribution in [-0.4, -0.2) is 23.1 Å². The number of hydrogen-bond acceptors (Lipinski definition) is 4. The molecule has 0 unspecified atom stereocenters. The molecular weight excluding hydrogens is 238 g/mol. The topological polar surface area (TPSA) is 90.5 Å². The number of carboxylic acids is 1. The zero-order valence-corrected chi connectivity index (χ0v) is 10.2. The summed E-state index contributed by atoms with van der Waals surface area (Å²) in [5.74, 6) is -1.92. The standard InChI is InChI=1S/C12H15NO5/c1-8(2)6-10(11(14)15)18-12(16)9-4-3-5-13(17)7-9/h3-5,7-8,10H,6H2,1-2H3,(H,14,15)/t10-/m1/s1. The molecule has 0 fully saturated rings. The smallest absolute Gasteiger partial charge is 0.345 e. The van der Waals surface area contributed by atoms with Gasteiger partial charge in [0.15, 0.2) is 18.5 Å². The molecule has 0 aliphatic heterocycles. The lowest BCUT2D eigenvalue weighted by molar-refractivity contribution is -0.605. The molecule has 1 N–H and O–H groups in total. The van der Waals surface area contributed by atoms with Crippen LogP contribution in [0.2, 0.25) is 0 Å². The van der Waals surface area contributed by atoms with Gasteiger partial charge in [0, 0.05) is 6.07 Å². The Balaban J connectivity index is 2.75. The van der Waals surface area contributed by atoms with Gasteiger partial charge < -0.3 is 15.1 Å². The molecule has 1 aromatic heterocycles. The first-order valence-electron chi connectivity index (χ1n) is 5.52. The number of ether oxygens (including phenoxy) is 1. The lowest BCUT2D eigenvalue weighted by Gasteiger charge is -2.15. The normalized spacial score (nSPS) is 12.2. The van der Waals surface area contributed by atoms with E-state index >= 15 is 0 Å². The van der Waals surface area contributed by atoms with Crippen molar-refractivity contribution in [2.75, 3.05) is 0 Å². The molecule has 0 saturated heterocycles. The van der Waals surface area contributed by atoms with Crippen LogP contribution in [0.3, 0.4) is 0 Å². The van der Waals surface area contributed by atoms with Crippen LogP contribution in [0.5, 0.6) is 0 Å². The van der Waals surface area contributed by atoms with Gasteiger partial charge in [-0.25, -0.2) is 9.59 Å². The molecule has 0 aliphatic carbocycles.